The second-order valence-corrected chi connectivity index (χ2v) is 6.03. The fourth-order valence-electron chi connectivity index (χ4n) is 3.87. The van der Waals surface area contributed by atoms with Gasteiger partial charge in [0.1, 0.15) is 6.33 Å². The van der Waals surface area contributed by atoms with Crippen LogP contribution in [0.15, 0.2) is 18.7 Å². The highest BCUT2D eigenvalue weighted by Crippen LogP contribution is 2.49. The minimum atomic E-state index is -0.0363. The number of hydrogen-bond donors (Lipinski definition) is 1. The van der Waals surface area contributed by atoms with Crippen molar-refractivity contribution >= 4 is 11.8 Å². The van der Waals surface area contributed by atoms with Crippen molar-refractivity contribution in [2.75, 3.05) is 20.1 Å². The number of amides is 2. The minimum Gasteiger partial charge on any atom is -0.359 e. The predicted octanol–water partition coefficient (Wildman–Crippen LogP) is 0.855. The molecule has 21 heavy (non-hydrogen) atoms. The van der Waals surface area contributed by atoms with Crippen LogP contribution in [0.2, 0.25) is 0 Å². The van der Waals surface area contributed by atoms with Crippen molar-refractivity contribution in [3.8, 4) is 0 Å². The minimum absolute atomic E-state index is 0.0324. The van der Waals surface area contributed by atoms with Crippen LogP contribution in [0.3, 0.4) is 0 Å². The van der Waals surface area contributed by atoms with Crippen molar-refractivity contribution in [2.45, 2.75) is 25.7 Å². The van der Waals surface area contributed by atoms with E-state index < -0.39 is 0 Å². The van der Waals surface area contributed by atoms with Crippen molar-refractivity contribution in [1.29, 1.82) is 0 Å². The lowest BCUT2D eigenvalue weighted by Gasteiger charge is -2.30. The third kappa shape index (κ3) is 2.39. The fourth-order valence-corrected chi connectivity index (χ4v) is 3.87. The van der Waals surface area contributed by atoms with Gasteiger partial charge in [0.15, 0.2) is 0 Å². The molecular formula is C15H20N4O2. The van der Waals surface area contributed by atoms with E-state index >= 15 is 0 Å². The third-order valence-corrected chi connectivity index (χ3v) is 4.95. The zero-order chi connectivity index (χ0) is 14.9. The van der Waals surface area contributed by atoms with Gasteiger partial charge in [-0.1, -0.05) is 6.42 Å². The van der Waals surface area contributed by atoms with Crippen LogP contribution in [0.25, 0.3) is 0 Å². The van der Waals surface area contributed by atoms with Crippen LogP contribution in [0.5, 0.6) is 0 Å². The standard InChI is InChI=1S/C15H20N4O2/c1-16-13(20)12-3-2-4-15(12)5-6-19(9-15)14(21)11-7-17-10-18-8-11/h7-8,10,12H,2-6,9H2,1H3,(H,16,20)/t12-,15-/m0/s1. The molecule has 0 aromatic carbocycles. The van der Waals surface area contributed by atoms with Gasteiger partial charge < -0.3 is 10.2 Å². The summed E-state index contributed by atoms with van der Waals surface area (Å²) in [5.74, 6) is 0.118. The number of rotatable bonds is 2. The van der Waals surface area contributed by atoms with Crippen LogP contribution in [0.1, 0.15) is 36.0 Å². The first kappa shape index (κ1) is 14.0. The zero-order valence-electron chi connectivity index (χ0n) is 12.2. The van der Waals surface area contributed by atoms with Gasteiger partial charge in [-0.25, -0.2) is 9.97 Å². The maximum absolute atomic E-state index is 12.5. The molecule has 1 N–H and O–H groups in total. The number of carbonyl (C=O) groups excluding carboxylic acids is 2. The van der Waals surface area contributed by atoms with Gasteiger partial charge in [0, 0.05) is 43.9 Å². The van der Waals surface area contributed by atoms with Gasteiger partial charge in [-0.3, -0.25) is 9.59 Å². The molecular weight excluding hydrogens is 268 g/mol. The van der Waals surface area contributed by atoms with E-state index in [0.717, 1.165) is 25.7 Å². The average molecular weight is 288 g/mol. The Morgan fingerprint density at radius 1 is 1.33 bits per heavy atom. The molecule has 2 heterocycles. The van der Waals surface area contributed by atoms with Crippen molar-refractivity contribution < 1.29 is 9.59 Å². The molecule has 6 heteroatoms. The van der Waals surface area contributed by atoms with E-state index in [1.165, 1.54) is 6.33 Å². The van der Waals surface area contributed by atoms with E-state index in [2.05, 4.69) is 15.3 Å². The number of nitrogens with zero attached hydrogens (tertiary/aromatic N) is 3. The highest BCUT2D eigenvalue weighted by Gasteiger charge is 2.51. The molecule has 0 radical (unpaired) electrons. The molecule has 2 atom stereocenters. The first-order valence-corrected chi connectivity index (χ1v) is 7.42. The molecule has 1 saturated heterocycles. The van der Waals surface area contributed by atoms with Crippen LogP contribution in [-0.4, -0.2) is 46.8 Å². The zero-order valence-corrected chi connectivity index (χ0v) is 12.2. The van der Waals surface area contributed by atoms with Crippen molar-refractivity contribution in [2.24, 2.45) is 11.3 Å². The largest absolute Gasteiger partial charge is 0.359 e. The van der Waals surface area contributed by atoms with Crippen molar-refractivity contribution in [3.63, 3.8) is 0 Å². The van der Waals surface area contributed by atoms with E-state index in [-0.39, 0.29) is 23.1 Å². The molecule has 112 valence electrons. The summed E-state index contributed by atoms with van der Waals surface area (Å²) < 4.78 is 0. The van der Waals surface area contributed by atoms with Gasteiger partial charge in [-0.2, -0.15) is 0 Å². The van der Waals surface area contributed by atoms with Gasteiger partial charge in [0.05, 0.1) is 5.56 Å². The Morgan fingerprint density at radius 2 is 2.10 bits per heavy atom. The summed E-state index contributed by atoms with van der Waals surface area (Å²) in [6.07, 6.45) is 8.44. The lowest BCUT2D eigenvalue weighted by molar-refractivity contribution is -0.127. The Labute approximate surface area is 124 Å². The Bertz CT molecular complexity index is 548. The highest BCUT2D eigenvalue weighted by atomic mass is 16.2. The molecule has 2 aliphatic rings. The number of nitrogens with one attached hydrogen (secondary N) is 1. The van der Waals surface area contributed by atoms with Gasteiger partial charge >= 0.3 is 0 Å². The van der Waals surface area contributed by atoms with Gasteiger partial charge in [0.2, 0.25) is 5.91 Å². The average Bonchev–Trinajstić information content (AvgIpc) is 3.14. The summed E-state index contributed by atoms with van der Waals surface area (Å²) >= 11 is 0. The molecule has 1 aromatic rings. The van der Waals surface area contributed by atoms with Gasteiger partial charge in [-0.15, -0.1) is 0 Å². The number of likely N-dealkylation sites (tertiary alicyclic amines) is 1. The van der Waals surface area contributed by atoms with Crippen LogP contribution < -0.4 is 5.32 Å². The fraction of sp³-hybridized carbons (Fsp3) is 0.600. The summed E-state index contributed by atoms with van der Waals surface area (Å²) in [7, 11) is 1.69. The molecule has 0 unspecified atom stereocenters. The Morgan fingerprint density at radius 3 is 2.81 bits per heavy atom. The van der Waals surface area contributed by atoms with Crippen LogP contribution >= 0.6 is 0 Å². The first-order chi connectivity index (χ1) is 10.2. The molecule has 1 spiro atoms. The Kier molecular flexibility index (Phi) is 3.61. The van der Waals surface area contributed by atoms with Crippen molar-refractivity contribution in [3.05, 3.63) is 24.3 Å². The molecule has 1 aromatic heterocycles. The third-order valence-electron chi connectivity index (χ3n) is 4.95. The van der Waals surface area contributed by atoms with Crippen molar-refractivity contribution in [1.82, 2.24) is 20.2 Å². The summed E-state index contributed by atoms with van der Waals surface area (Å²) in [4.78, 5) is 34.2. The second kappa shape index (κ2) is 5.42. The summed E-state index contributed by atoms with van der Waals surface area (Å²) in [6.45, 7) is 1.38. The first-order valence-electron chi connectivity index (χ1n) is 7.42. The quantitative estimate of drug-likeness (QED) is 0.875. The summed E-state index contributed by atoms with van der Waals surface area (Å²) in [5, 5.41) is 2.77. The van der Waals surface area contributed by atoms with Gasteiger partial charge in [0.25, 0.3) is 5.91 Å². The smallest absolute Gasteiger partial charge is 0.257 e. The molecule has 2 amide bonds. The Hall–Kier alpha value is -1.98. The maximum atomic E-state index is 12.5. The van der Waals surface area contributed by atoms with E-state index in [9.17, 15) is 9.59 Å². The maximum Gasteiger partial charge on any atom is 0.257 e. The lowest BCUT2D eigenvalue weighted by atomic mass is 9.76. The second-order valence-electron chi connectivity index (χ2n) is 6.03. The summed E-state index contributed by atoms with van der Waals surface area (Å²) in [6, 6.07) is 0. The molecule has 0 bridgehead atoms. The molecule has 6 nitrogen and oxygen atoms in total. The van der Waals surface area contributed by atoms with Gasteiger partial charge in [-0.05, 0) is 19.3 Å². The molecule has 1 saturated carbocycles. The molecule has 1 aliphatic heterocycles. The molecule has 2 fully saturated rings. The molecule has 3 rings (SSSR count). The monoisotopic (exact) mass is 288 g/mol. The normalized spacial score (nSPS) is 28.0. The number of hydrogen-bond acceptors (Lipinski definition) is 4. The molecule has 1 aliphatic carbocycles. The predicted molar refractivity (Wildman–Crippen MR) is 76.4 cm³/mol. The van der Waals surface area contributed by atoms with E-state index in [1.54, 1.807) is 19.4 Å². The van der Waals surface area contributed by atoms with Crippen LogP contribution in [0, 0.1) is 11.3 Å². The SMILES string of the molecule is CNC(=O)[C@@H]1CCC[C@@]12CCN(C(=O)c1cncnc1)C2. The lowest BCUT2D eigenvalue weighted by Crippen LogP contribution is -2.40. The van der Waals surface area contributed by atoms with Crippen LogP contribution in [-0.2, 0) is 4.79 Å². The van der Waals surface area contributed by atoms with E-state index in [0.29, 0.717) is 18.7 Å². The van der Waals surface area contributed by atoms with Crippen LogP contribution in [0.4, 0.5) is 0 Å². The van der Waals surface area contributed by atoms with E-state index in [1.807, 2.05) is 4.90 Å². The van der Waals surface area contributed by atoms with E-state index in [4.69, 9.17) is 0 Å². The Balaban J connectivity index is 1.76. The summed E-state index contributed by atoms with van der Waals surface area (Å²) in [5.41, 5.74) is 0.481. The highest BCUT2D eigenvalue weighted by molar-refractivity contribution is 5.94. The topological polar surface area (TPSA) is 75.2 Å². The number of carbonyl (C=O) groups is 2. The number of aromatic nitrogens is 2.